The topological polar surface area (TPSA) is 108 Å². The van der Waals surface area contributed by atoms with E-state index in [0.717, 1.165) is 27.8 Å². The monoisotopic (exact) mass is 539 g/mol. The molecule has 6 rings (SSSR count). The van der Waals surface area contributed by atoms with Crippen LogP contribution < -0.4 is 10.6 Å². The second kappa shape index (κ2) is 10.4. The second-order valence-corrected chi connectivity index (χ2v) is 11.3. The highest BCUT2D eigenvalue weighted by Gasteiger charge is 2.50. The van der Waals surface area contributed by atoms with Gasteiger partial charge in [-0.05, 0) is 47.1 Å². The summed E-state index contributed by atoms with van der Waals surface area (Å²) < 4.78 is 5.68. The number of benzene rings is 3. The van der Waals surface area contributed by atoms with Gasteiger partial charge < -0.3 is 20.5 Å². The van der Waals surface area contributed by atoms with Crippen LogP contribution in [0.1, 0.15) is 48.3 Å². The molecule has 2 amide bonds. The summed E-state index contributed by atoms with van der Waals surface area (Å²) in [7, 11) is 0. The van der Waals surface area contributed by atoms with Gasteiger partial charge in [0.1, 0.15) is 6.61 Å². The molecule has 3 aliphatic rings. The molecule has 1 saturated carbocycles. The first-order valence-corrected chi connectivity index (χ1v) is 13.8. The molecule has 3 aromatic rings. The van der Waals surface area contributed by atoms with Gasteiger partial charge in [-0.3, -0.25) is 9.69 Å². The first kappa shape index (κ1) is 26.1. The fourth-order valence-electron chi connectivity index (χ4n) is 6.16. The minimum atomic E-state index is -1.34. The van der Waals surface area contributed by atoms with Crippen molar-refractivity contribution < 1.29 is 24.2 Å². The van der Waals surface area contributed by atoms with Gasteiger partial charge >= 0.3 is 12.1 Å². The molecule has 1 atom stereocenters. The van der Waals surface area contributed by atoms with E-state index < -0.39 is 23.1 Å². The fraction of sp³-hybridized carbons (Fsp3) is 0.344. The number of hydrogen-bond acceptors (Lipinski definition) is 5. The fourth-order valence-corrected chi connectivity index (χ4v) is 6.16. The third kappa shape index (κ3) is 5.19. The molecule has 3 aromatic carbocycles. The van der Waals surface area contributed by atoms with E-state index in [1.54, 1.807) is 0 Å². The van der Waals surface area contributed by atoms with Gasteiger partial charge in [0.15, 0.2) is 5.54 Å². The van der Waals surface area contributed by atoms with Crippen LogP contribution in [-0.4, -0.2) is 58.8 Å². The molecule has 8 nitrogen and oxygen atoms in total. The summed E-state index contributed by atoms with van der Waals surface area (Å²) in [5, 5.41) is 15.7. The van der Waals surface area contributed by atoms with Crippen molar-refractivity contribution in [3.63, 3.8) is 0 Å². The Morgan fingerprint density at radius 1 is 0.850 bits per heavy atom. The number of fused-ring (bicyclic) bond motifs is 3. The number of carboxylic acids is 1. The third-order valence-corrected chi connectivity index (χ3v) is 8.45. The SMILES string of the molecule is O=C(CC1(NC(=O)OCC2c3ccccc3-c3ccccc32)CC1)NC1(C(=O)O)CCN(Cc2ccccc2)C1. The van der Waals surface area contributed by atoms with Crippen molar-refractivity contribution in [2.75, 3.05) is 19.7 Å². The molecular formula is C32H33N3O5. The van der Waals surface area contributed by atoms with Crippen molar-refractivity contribution in [3.8, 4) is 11.1 Å². The molecule has 0 bridgehead atoms. The van der Waals surface area contributed by atoms with Crippen molar-refractivity contribution in [1.29, 1.82) is 0 Å². The lowest BCUT2D eigenvalue weighted by Crippen LogP contribution is -2.57. The Hall–Kier alpha value is -4.17. The highest BCUT2D eigenvalue weighted by atomic mass is 16.5. The molecule has 1 aliphatic heterocycles. The molecule has 40 heavy (non-hydrogen) atoms. The van der Waals surface area contributed by atoms with Crippen LogP contribution in [0, 0.1) is 0 Å². The minimum Gasteiger partial charge on any atom is -0.479 e. The zero-order valence-corrected chi connectivity index (χ0v) is 22.3. The van der Waals surface area contributed by atoms with Gasteiger partial charge in [0.05, 0.1) is 5.54 Å². The average molecular weight is 540 g/mol. The molecule has 1 heterocycles. The summed E-state index contributed by atoms with van der Waals surface area (Å²) in [5.74, 6) is -1.46. The Morgan fingerprint density at radius 3 is 2.10 bits per heavy atom. The van der Waals surface area contributed by atoms with Crippen LogP contribution in [0.4, 0.5) is 4.79 Å². The van der Waals surface area contributed by atoms with Gasteiger partial charge in [0.25, 0.3) is 0 Å². The van der Waals surface area contributed by atoms with E-state index in [9.17, 15) is 19.5 Å². The maximum Gasteiger partial charge on any atom is 0.407 e. The Morgan fingerprint density at radius 2 is 1.48 bits per heavy atom. The van der Waals surface area contributed by atoms with E-state index in [1.807, 2.05) is 59.5 Å². The van der Waals surface area contributed by atoms with Crippen molar-refractivity contribution in [1.82, 2.24) is 15.5 Å². The van der Waals surface area contributed by atoms with Crippen molar-refractivity contribution in [3.05, 3.63) is 95.6 Å². The van der Waals surface area contributed by atoms with Gasteiger partial charge in [0, 0.05) is 32.0 Å². The first-order valence-electron chi connectivity index (χ1n) is 13.8. The number of amides is 2. The largest absolute Gasteiger partial charge is 0.479 e. The molecule has 3 N–H and O–H groups in total. The first-order chi connectivity index (χ1) is 19.4. The number of carbonyl (C=O) groups is 3. The van der Waals surface area contributed by atoms with Crippen LogP contribution in [0.3, 0.4) is 0 Å². The molecule has 0 spiro atoms. The standard InChI is InChI=1S/C32H33N3O5/c36-28(33-32(29(37)38)16-17-35(21-32)19-22-8-2-1-3-9-22)18-31(14-15-31)34-30(39)40-20-27-25-12-6-4-10-23(25)24-11-5-7-13-26(24)27/h1-13,27H,14-21H2,(H,33,36)(H,34,39)(H,37,38). The number of hydrogen-bond donors (Lipinski definition) is 3. The van der Waals surface area contributed by atoms with E-state index in [4.69, 9.17) is 4.74 Å². The summed E-state index contributed by atoms with van der Waals surface area (Å²) >= 11 is 0. The molecule has 8 heteroatoms. The zero-order valence-electron chi connectivity index (χ0n) is 22.3. The van der Waals surface area contributed by atoms with Crippen molar-refractivity contribution >= 4 is 18.0 Å². The predicted molar refractivity (Wildman–Crippen MR) is 150 cm³/mol. The van der Waals surface area contributed by atoms with E-state index in [0.29, 0.717) is 32.4 Å². The molecule has 1 unspecified atom stereocenters. The third-order valence-electron chi connectivity index (χ3n) is 8.45. The van der Waals surface area contributed by atoms with Gasteiger partial charge in [-0.25, -0.2) is 9.59 Å². The summed E-state index contributed by atoms with van der Waals surface area (Å²) in [6.07, 6.45) is 1.07. The zero-order chi connectivity index (χ0) is 27.7. The van der Waals surface area contributed by atoms with E-state index >= 15 is 0 Å². The summed E-state index contributed by atoms with van der Waals surface area (Å²) in [6, 6.07) is 26.2. The number of carbonyl (C=O) groups excluding carboxylic acids is 2. The number of aliphatic carboxylic acids is 1. The highest BCUT2D eigenvalue weighted by molar-refractivity contribution is 5.88. The van der Waals surface area contributed by atoms with Gasteiger partial charge in [0.2, 0.25) is 5.91 Å². The van der Waals surface area contributed by atoms with Crippen LogP contribution in [0.5, 0.6) is 0 Å². The van der Waals surface area contributed by atoms with Crippen LogP contribution in [0.15, 0.2) is 78.9 Å². The molecule has 0 radical (unpaired) electrons. The number of likely N-dealkylation sites (tertiary alicyclic amines) is 1. The van der Waals surface area contributed by atoms with E-state index in [2.05, 4.69) is 34.9 Å². The normalized spacial score (nSPS) is 20.8. The Kier molecular flexibility index (Phi) is 6.80. The molecule has 2 fully saturated rings. The van der Waals surface area contributed by atoms with Crippen LogP contribution in [0.25, 0.3) is 11.1 Å². The van der Waals surface area contributed by atoms with Gasteiger partial charge in [-0.1, -0.05) is 78.9 Å². The van der Waals surface area contributed by atoms with Crippen LogP contribution >= 0.6 is 0 Å². The summed E-state index contributed by atoms with van der Waals surface area (Å²) in [6.45, 7) is 1.63. The lowest BCUT2D eigenvalue weighted by molar-refractivity contribution is -0.147. The van der Waals surface area contributed by atoms with Gasteiger partial charge in [-0.15, -0.1) is 0 Å². The van der Waals surface area contributed by atoms with Crippen molar-refractivity contribution in [2.24, 2.45) is 0 Å². The summed E-state index contributed by atoms with van der Waals surface area (Å²) in [5.41, 5.74) is 3.63. The number of carboxylic acid groups (broad SMARTS) is 1. The number of rotatable bonds is 9. The number of nitrogens with one attached hydrogen (secondary N) is 2. The summed E-state index contributed by atoms with van der Waals surface area (Å²) in [4.78, 5) is 40.2. The predicted octanol–water partition coefficient (Wildman–Crippen LogP) is 4.29. The smallest absolute Gasteiger partial charge is 0.407 e. The molecular weight excluding hydrogens is 506 g/mol. The number of ether oxygens (including phenoxy) is 1. The lowest BCUT2D eigenvalue weighted by Gasteiger charge is -2.27. The lowest BCUT2D eigenvalue weighted by atomic mass is 9.98. The van der Waals surface area contributed by atoms with Crippen LogP contribution in [0.2, 0.25) is 0 Å². The minimum absolute atomic E-state index is 0.0188. The van der Waals surface area contributed by atoms with Gasteiger partial charge in [-0.2, -0.15) is 0 Å². The Bertz CT molecular complexity index is 1390. The van der Waals surface area contributed by atoms with E-state index in [-0.39, 0.29) is 31.4 Å². The average Bonchev–Trinajstić information content (AvgIpc) is 3.43. The quantitative estimate of drug-likeness (QED) is 0.374. The molecule has 0 aromatic heterocycles. The number of nitrogens with zero attached hydrogens (tertiary/aromatic N) is 1. The highest BCUT2D eigenvalue weighted by Crippen LogP contribution is 2.45. The maximum absolute atomic E-state index is 13.1. The molecule has 206 valence electrons. The molecule has 1 saturated heterocycles. The van der Waals surface area contributed by atoms with Crippen LogP contribution in [-0.2, 0) is 20.9 Å². The molecule has 2 aliphatic carbocycles. The van der Waals surface area contributed by atoms with E-state index in [1.165, 1.54) is 0 Å². The Balaban J connectivity index is 1.04. The van der Waals surface area contributed by atoms with Crippen molar-refractivity contribution in [2.45, 2.75) is 49.2 Å². The maximum atomic E-state index is 13.1. The second-order valence-electron chi connectivity index (χ2n) is 11.3. The number of alkyl carbamates (subject to hydrolysis) is 1. The Labute approximate surface area is 233 Å².